The van der Waals surface area contributed by atoms with Gasteiger partial charge in [-0.3, -0.25) is 0 Å². The van der Waals surface area contributed by atoms with Crippen molar-refractivity contribution in [1.82, 2.24) is 4.98 Å². The molecule has 0 aliphatic rings. The highest BCUT2D eigenvalue weighted by Gasteiger charge is 2.20. The van der Waals surface area contributed by atoms with Gasteiger partial charge in [0.1, 0.15) is 5.82 Å². The molecular weight excluding hydrogens is 325 g/mol. The maximum atomic E-state index is 14.0. The Hall–Kier alpha value is -1.88. The van der Waals surface area contributed by atoms with Crippen LogP contribution in [0.15, 0.2) is 34.8 Å². The zero-order chi connectivity index (χ0) is 14.3. The molecule has 0 radical (unpaired) electrons. The fraction of sp³-hybridized carbons (Fsp3) is 0.133. The second kappa shape index (κ2) is 4.90. The van der Waals surface area contributed by atoms with Crippen LogP contribution in [-0.2, 0) is 4.74 Å². The summed E-state index contributed by atoms with van der Waals surface area (Å²) in [7, 11) is 0. The largest absolute Gasteiger partial charge is 0.462 e. The normalized spacial score (nSPS) is 11.2. The molecule has 1 N–H and O–H groups in total. The van der Waals surface area contributed by atoms with E-state index in [9.17, 15) is 9.18 Å². The maximum absolute atomic E-state index is 14.0. The molecule has 0 aliphatic heterocycles. The van der Waals surface area contributed by atoms with Crippen molar-refractivity contribution in [3.05, 3.63) is 46.2 Å². The predicted molar refractivity (Wildman–Crippen MR) is 79.4 cm³/mol. The van der Waals surface area contributed by atoms with E-state index in [2.05, 4.69) is 20.9 Å². The topological polar surface area (TPSA) is 42.1 Å². The standard InChI is InChI=1S/C15H11BrFNO2/c1-2-20-15(19)9-7-10(17)13(16)12-8-5-3-4-6-11(8)18-14(9)12/h3-7,18H,2H2,1H3. The van der Waals surface area contributed by atoms with Crippen molar-refractivity contribution in [2.24, 2.45) is 0 Å². The fourth-order valence-corrected chi connectivity index (χ4v) is 2.85. The zero-order valence-electron chi connectivity index (χ0n) is 10.7. The summed E-state index contributed by atoms with van der Waals surface area (Å²) in [5.74, 6) is -1.01. The second-order valence-corrected chi connectivity index (χ2v) is 5.15. The minimum atomic E-state index is -0.532. The number of aromatic nitrogens is 1. The highest BCUT2D eigenvalue weighted by molar-refractivity contribution is 9.10. The predicted octanol–water partition coefficient (Wildman–Crippen LogP) is 4.40. The van der Waals surface area contributed by atoms with E-state index in [0.29, 0.717) is 15.4 Å². The van der Waals surface area contributed by atoms with E-state index in [1.54, 1.807) is 6.92 Å². The summed E-state index contributed by atoms with van der Waals surface area (Å²) >= 11 is 3.26. The molecular formula is C15H11BrFNO2. The average molecular weight is 336 g/mol. The molecule has 102 valence electrons. The van der Waals surface area contributed by atoms with Crippen LogP contribution in [0.25, 0.3) is 21.8 Å². The molecule has 3 rings (SSSR count). The molecule has 2 aromatic carbocycles. The minimum absolute atomic E-state index is 0.207. The lowest BCUT2D eigenvalue weighted by Gasteiger charge is -2.05. The Morgan fingerprint density at radius 1 is 1.40 bits per heavy atom. The summed E-state index contributed by atoms with van der Waals surface area (Å²) in [6.07, 6.45) is 0. The van der Waals surface area contributed by atoms with Crippen LogP contribution in [0.5, 0.6) is 0 Å². The first-order valence-corrected chi connectivity index (χ1v) is 6.98. The van der Waals surface area contributed by atoms with E-state index in [1.807, 2.05) is 24.3 Å². The summed E-state index contributed by atoms with van der Waals surface area (Å²) in [6.45, 7) is 1.97. The number of H-pyrrole nitrogens is 1. The number of aromatic amines is 1. The number of para-hydroxylation sites is 1. The third-order valence-electron chi connectivity index (χ3n) is 3.17. The van der Waals surface area contributed by atoms with Crippen LogP contribution in [0.3, 0.4) is 0 Å². The van der Waals surface area contributed by atoms with Gasteiger partial charge >= 0.3 is 5.97 Å². The van der Waals surface area contributed by atoms with Crippen molar-refractivity contribution in [3.63, 3.8) is 0 Å². The van der Waals surface area contributed by atoms with E-state index in [1.165, 1.54) is 6.07 Å². The van der Waals surface area contributed by atoms with Crippen molar-refractivity contribution in [2.45, 2.75) is 6.92 Å². The number of fused-ring (bicyclic) bond motifs is 3. The SMILES string of the molecule is CCOC(=O)c1cc(F)c(Br)c2c1[nH]c1ccccc12. The van der Waals surface area contributed by atoms with Crippen molar-refractivity contribution in [3.8, 4) is 0 Å². The van der Waals surface area contributed by atoms with Crippen LogP contribution in [0.2, 0.25) is 0 Å². The molecule has 0 aliphatic carbocycles. The molecule has 0 saturated carbocycles. The summed E-state index contributed by atoms with van der Waals surface area (Å²) in [5, 5.41) is 1.52. The van der Waals surface area contributed by atoms with Gasteiger partial charge in [-0.25, -0.2) is 9.18 Å². The van der Waals surface area contributed by atoms with Crippen LogP contribution in [0, 0.1) is 5.82 Å². The molecule has 3 nitrogen and oxygen atoms in total. The number of esters is 1. The van der Waals surface area contributed by atoms with E-state index < -0.39 is 11.8 Å². The molecule has 0 amide bonds. The molecule has 0 spiro atoms. The fourth-order valence-electron chi connectivity index (χ4n) is 2.32. The minimum Gasteiger partial charge on any atom is -0.462 e. The Bertz CT molecular complexity index is 825. The number of benzene rings is 2. The molecule has 0 atom stereocenters. The molecule has 20 heavy (non-hydrogen) atoms. The van der Waals surface area contributed by atoms with Crippen molar-refractivity contribution in [1.29, 1.82) is 0 Å². The lowest BCUT2D eigenvalue weighted by molar-refractivity contribution is 0.0528. The van der Waals surface area contributed by atoms with Crippen LogP contribution in [-0.4, -0.2) is 17.6 Å². The van der Waals surface area contributed by atoms with Gasteiger partial charge in [-0.1, -0.05) is 18.2 Å². The van der Waals surface area contributed by atoms with Crippen LogP contribution < -0.4 is 0 Å². The van der Waals surface area contributed by atoms with E-state index in [0.717, 1.165) is 10.9 Å². The Kier molecular flexibility index (Phi) is 3.22. The Morgan fingerprint density at radius 3 is 2.90 bits per heavy atom. The number of hydrogen-bond acceptors (Lipinski definition) is 2. The Labute approximate surface area is 122 Å². The number of rotatable bonds is 2. The molecule has 0 saturated heterocycles. The van der Waals surface area contributed by atoms with Gasteiger partial charge in [-0.15, -0.1) is 0 Å². The number of halogens is 2. The molecule has 1 heterocycles. The lowest BCUT2D eigenvalue weighted by atomic mass is 10.1. The summed E-state index contributed by atoms with van der Waals surface area (Å²) in [6, 6.07) is 8.71. The van der Waals surface area contributed by atoms with Gasteiger partial charge in [0.25, 0.3) is 0 Å². The number of hydrogen-bond donors (Lipinski definition) is 1. The molecule has 0 unspecified atom stereocenters. The van der Waals surface area contributed by atoms with Crippen LogP contribution in [0.4, 0.5) is 4.39 Å². The molecule has 0 bridgehead atoms. The van der Waals surface area contributed by atoms with E-state index in [-0.39, 0.29) is 12.2 Å². The average Bonchev–Trinajstić information content (AvgIpc) is 2.82. The summed E-state index contributed by atoms with van der Waals surface area (Å²) in [4.78, 5) is 15.1. The first-order valence-electron chi connectivity index (χ1n) is 6.19. The van der Waals surface area contributed by atoms with Crippen LogP contribution >= 0.6 is 15.9 Å². The number of nitrogens with one attached hydrogen (secondary N) is 1. The van der Waals surface area contributed by atoms with Crippen molar-refractivity contribution >= 4 is 43.7 Å². The van der Waals surface area contributed by atoms with Gasteiger partial charge in [0.2, 0.25) is 0 Å². The van der Waals surface area contributed by atoms with Gasteiger partial charge < -0.3 is 9.72 Å². The second-order valence-electron chi connectivity index (χ2n) is 4.36. The van der Waals surface area contributed by atoms with E-state index in [4.69, 9.17) is 4.74 Å². The number of ether oxygens (including phenoxy) is 1. The Balaban J connectivity index is 2.42. The first kappa shape index (κ1) is 13.1. The number of carbonyl (C=O) groups is 1. The molecule has 5 heteroatoms. The van der Waals surface area contributed by atoms with Crippen LogP contribution in [0.1, 0.15) is 17.3 Å². The van der Waals surface area contributed by atoms with E-state index >= 15 is 0 Å². The quantitative estimate of drug-likeness (QED) is 0.705. The highest BCUT2D eigenvalue weighted by Crippen LogP contribution is 2.35. The number of carbonyl (C=O) groups excluding carboxylic acids is 1. The third-order valence-corrected chi connectivity index (χ3v) is 3.95. The third kappa shape index (κ3) is 1.89. The monoisotopic (exact) mass is 335 g/mol. The van der Waals surface area contributed by atoms with Crippen molar-refractivity contribution in [2.75, 3.05) is 6.61 Å². The molecule has 0 fully saturated rings. The highest BCUT2D eigenvalue weighted by atomic mass is 79.9. The lowest BCUT2D eigenvalue weighted by Crippen LogP contribution is -2.06. The molecule has 3 aromatic rings. The van der Waals surface area contributed by atoms with Gasteiger partial charge in [0.15, 0.2) is 0 Å². The molecule has 1 aromatic heterocycles. The summed E-state index contributed by atoms with van der Waals surface area (Å²) < 4.78 is 19.4. The maximum Gasteiger partial charge on any atom is 0.340 e. The first-order chi connectivity index (χ1) is 9.63. The van der Waals surface area contributed by atoms with Gasteiger partial charge in [0, 0.05) is 16.3 Å². The van der Waals surface area contributed by atoms with Gasteiger partial charge in [0.05, 0.1) is 22.2 Å². The van der Waals surface area contributed by atoms with Gasteiger partial charge in [-0.2, -0.15) is 0 Å². The Morgan fingerprint density at radius 2 is 2.15 bits per heavy atom. The zero-order valence-corrected chi connectivity index (χ0v) is 12.3. The summed E-state index contributed by atoms with van der Waals surface area (Å²) in [5.41, 5.74) is 1.64. The van der Waals surface area contributed by atoms with Crippen molar-refractivity contribution < 1.29 is 13.9 Å². The smallest absolute Gasteiger partial charge is 0.340 e. The van der Waals surface area contributed by atoms with Gasteiger partial charge in [-0.05, 0) is 35.0 Å².